The number of hydrogen-bond donors (Lipinski definition) is 3. The summed E-state index contributed by atoms with van der Waals surface area (Å²) in [7, 11) is 0. The quantitative estimate of drug-likeness (QED) is 0.773. The Kier molecular flexibility index (Phi) is 3.90. The third-order valence-corrected chi connectivity index (χ3v) is 2.98. The molecule has 4 nitrogen and oxygen atoms in total. The molecule has 0 saturated carbocycles. The van der Waals surface area contributed by atoms with Crippen molar-refractivity contribution in [2.45, 2.75) is 32.8 Å². The molecule has 0 aliphatic rings. The van der Waals surface area contributed by atoms with Crippen LogP contribution in [0, 0.1) is 6.92 Å². The number of H-pyrrole nitrogens is 1. The SMILES string of the molecule is Cc1ccc(-c2cc(NCCC(C)(C)O)n[nH]2)cc1. The highest BCUT2D eigenvalue weighted by Gasteiger charge is 2.11. The summed E-state index contributed by atoms with van der Waals surface area (Å²) in [5, 5.41) is 20.1. The van der Waals surface area contributed by atoms with Gasteiger partial charge in [-0.15, -0.1) is 0 Å². The van der Waals surface area contributed by atoms with Crippen LogP contribution in [0.15, 0.2) is 30.3 Å². The van der Waals surface area contributed by atoms with Gasteiger partial charge in [-0.2, -0.15) is 5.10 Å². The highest BCUT2D eigenvalue weighted by molar-refractivity contribution is 5.62. The van der Waals surface area contributed by atoms with Crippen molar-refractivity contribution in [2.75, 3.05) is 11.9 Å². The maximum Gasteiger partial charge on any atom is 0.148 e. The molecule has 0 amide bonds. The van der Waals surface area contributed by atoms with Crippen molar-refractivity contribution in [3.63, 3.8) is 0 Å². The molecule has 0 fully saturated rings. The Balaban J connectivity index is 1.97. The van der Waals surface area contributed by atoms with Crippen LogP contribution >= 0.6 is 0 Å². The molecule has 2 rings (SSSR count). The molecule has 1 aromatic carbocycles. The summed E-state index contributed by atoms with van der Waals surface area (Å²) in [6, 6.07) is 10.3. The topological polar surface area (TPSA) is 60.9 Å². The fourth-order valence-corrected chi connectivity index (χ4v) is 1.79. The number of nitrogens with one attached hydrogen (secondary N) is 2. The number of rotatable bonds is 5. The van der Waals surface area contributed by atoms with Crippen LogP contribution in [0.2, 0.25) is 0 Å². The lowest BCUT2D eigenvalue weighted by atomic mass is 10.1. The summed E-state index contributed by atoms with van der Waals surface area (Å²) in [5.41, 5.74) is 2.70. The van der Waals surface area contributed by atoms with Gasteiger partial charge in [0.15, 0.2) is 0 Å². The van der Waals surface area contributed by atoms with Gasteiger partial charge in [-0.1, -0.05) is 29.8 Å². The van der Waals surface area contributed by atoms with E-state index in [-0.39, 0.29) is 0 Å². The lowest BCUT2D eigenvalue weighted by molar-refractivity contribution is 0.0748. The van der Waals surface area contributed by atoms with Gasteiger partial charge in [-0.25, -0.2) is 0 Å². The summed E-state index contributed by atoms with van der Waals surface area (Å²) in [4.78, 5) is 0. The standard InChI is InChI=1S/C15H21N3O/c1-11-4-6-12(7-5-11)13-10-14(18-17-13)16-9-8-15(2,3)19/h4-7,10,19H,8-9H2,1-3H3,(H2,16,17,18). The third kappa shape index (κ3) is 4.10. The average molecular weight is 259 g/mol. The van der Waals surface area contributed by atoms with Crippen molar-refractivity contribution in [2.24, 2.45) is 0 Å². The first-order valence-electron chi connectivity index (χ1n) is 6.53. The average Bonchev–Trinajstić information content (AvgIpc) is 2.77. The van der Waals surface area contributed by atoms with Crippen LogP contribution in [-0.4, -0.2) is 27.4 Å². The van der Waals surface area contributed by atoms with E-state index in [1.807, 2.05) is 6.07 Å². The minimum atomic E-state index is -0.650. The lowest BCUT2D eigenvalue weighted by Crippen LogP contribution is -2.22. The molecule has 0 spiro atoms. The maximum atomic E-state index is 9.64. The van der Waals surface area contributed by atoms with Gasteiger partial charge in [0.2, 0.25) is 0 Å². The van der Waals surface area contributed by atoms with Crippen LogP contribution in [-0.2, 0) is 0 Å². The minimum Gasteiger partial charge on any atom is -0.390 e. The molecule has 0 bridgehead atoms. The fraction of sp³-hybridized carbons (Fsp3) is 0.400. The van der Waals surface area contributed by atoms with Gasteiger partial charge in [0.25, 0.3) is 0 Å². The molecule has 2 aromatic rings. The first-order valence-corrected chi connectivity index (χ1v) is 6.53. The number of aryl methyl sites for hydroxylation is 1. The van der Waals surface area contributed by atoms with Gasteiger partial charge >= 0.3 is 0 Å². The van der Waals surface area contributed by atoms with Crippen molar-refractivity contribution < 1.29 is 5.11 Å². The molecule has 19 heavy (non-hydrogen) atoms. The molecule has 0 unspecified atom stereocenters. The van der Waals surface area contributed by atoms with Gasteiger partial charge in [-0.05, 0) is 32.8 Å². The molecule has 0 aliphatic heterocycles. The van der Waals surface area contributed by atoms with Crippen LogP contribution in [0.3, 0.4) is 0 Å². The van der Waals surface area contributed by atoms with Gasteiger partial charge in [0, 0.05) is 12.6 Å². The van der Waals surface area contributed by atoms with Crippen molar-refractivity contribution in [3.8, 4) is 11.3 Å². The second kappa shape index (κ2) is 5.45. The maximum absolute atomic E-state index is 9.64. The first kappa shape index (κ1) is 13.6. The molecular formula is C15H21N3O. The summed E-state index contributed by atoms with van der Waals surface area (Å²) in [6.45, 7) is 6.37. The number of aromatic nitrogens is 2. The summed E-state index contributed by atoms with van der Waals surface area (Å²) < 4.78 is 0. The van der Waals surface area contributed by atoms with Crippen molar-refractivity contribution >= 4 is 5.82 Å². The zero-order valence-electron chi connectivity index (χ0n) is 11.7. The monoisotopic (exact) mass is 259 g/mol. The van der Waals surface area contributed by atoms with E-state index in [1.165, 1.54) is 5.56 Å². The van der Waals surface area contributed by atoms with Crippen molar-refractivity contribution in [1.82, 2.24) is 10.2 Å². The van der Waals surface area contributed by atoms with Gasteiger partial charge < -0.3 is 10.4 Å². The largest absolute Gasteiger partial charge is 0.390 e. The predicted molar refractivity (Wildman–Crippen MR) is 78.2 cm³/mol. The second-order valence-corrected chi connectivity index (χ2v) is 5.52. The molecule has 1 aromatic heterocycles. The van der Waals surface area contributed by atoms with E-state index in [4.69, 9.17) is 0 Å². The lowest BCUT2D eigenvalue weighted by Gasteiger charge is -2.16. The number of nitrogens with zero attached hydrogens (tertiary/aromatic N) is 1. The Labute approximate surface area is 113 Å². The molecule has 0 aliphatic carbocycles. The van der Waals surface area contributed by atoms with Gasteiger partial charge in [0.05, 0.1) is 11.3 Å². The van der Waals surface area contributed by atoms with Crippen LogP contribution in [0.1, 0.15) is 25.8 Å². The van der Waals surface area contributed by atoms with Gasteiger partial charge in [-0.3, -0.25) is 5.10 Å². The molecule has 0 saturated heterocycles. The normalized spacial score (nSPS) is 11.6. The Hall–Kier alpha value is -1.81. The predicted octanol–water partition coefficient (Wildman–Crippen LogP) is 2.96. The summed E-state index contributed by atoms with van der Waals surface area (Å²) >= 11 is 0. The van der Waals surface area contributed by atoms with E-state index < -0.39 is 5.60 Å². The van der Waals surface area contributed by atoms with Crippen LogP contribution < -0.4 is 5.32 Å². The van der Waals surface area contributed by atoms with E-state index in [1.54, 1.807) is 13.8 Å². The number of anilines is 1. The fourth-order valence-electron chi connectivity index (χ4n) is 1.79. The minimum absolute atomic E-state index is 0.650. The van der Waals surface area contributed by atoms with E-state index in [0.717, 1.165) is 17.1 Å². The van der Waals surface area contributed by atoms with E-state index in [9.17, 15) is 5.11 Å². The molecule has 1 heterocycles. The molecule has 102 valence electrons. The zero-order chi connectivity index (χ0) is 13.9. The molecule has 3 N–H and O–H groups in total. The van der Waals surface area contributed by atoms with Crippen molar-refractivity contribution in [3.05, 3.63) is 35.9 Å². The zero-order valence-corrected chi connectivity index (χ0v) is 11.7. The third-order valence-electron chi connectivity index (χ3n) is 2.98. The van der Waals surface area contributed by atoms with Crippen LogP contribution in [0.25, 0.3) is 11.3 Å². The number of benzene rings is 1. The molecule has 0 atom stereocenters. The molecule has 4 heteroatoms. The van der Waals surface area contributed by atoms with E-state index >= 15 is 0 Å². The number of aromatic amines is 1. The van der Waals surface area contributed by atoms with E-state index in [0.29, 0.717) is 13.0 Å². The number of aliphatic hydroxyl groups is 1. The first-order chi connectivity index (χ1) is 8.94. The highest BCUT2D eigenvalue weighted by atomic mass is 16.3. The second-order valence-electron chi connectivity index (χ2n) is 5.52. The number of hydrogen-bond acceptors (Lipinski definition) is 3. The van der Waals surface area contributed by atoms with Gasteiger partial charge in [0.1, 0.15) is 5.82 Å². The molecular weight excluding hydrogens is 238 g/mol. The van der Waals surface area contributed by atoms with Crippen LogP contribution in [0.5, 0.6) is 0 Å². The molecule has 0 radical (unpaired) electrons. The smallest absolute Gasteiger partial charge is 0.148 e. The highest BCUT2D eigenvalue weighted by Crippen LogP contribution is 2.20. The Morgan fingerprint density at radius 3 is 2.58 bits per heavy atom. The van der Waals surface area contributed by atoms with E-state index in [2.05, 4.69) is 46.7 Å². The Morgan fingerprint density at radius 1 is 1.26 bits per heavy atom. The van der Waals surface area contributed by atoms with Crippen molar-refractivity contribution in [1.29, 1.82) is 0 Å². The summed E-state index contributed by atoms with van der Waals surface area (Å²) in [6.07, 6.45) is 0.680. The Morgan fingerprint density at radius 2 is 1.95 bits per heavy atom. The Bertz CT molecular complexity index is 523. The summed E-state index contributed by atoms with van der Waals surface area (Å²) in [5.74, 6) is 0.805. The van der Waals surface area contributed by atoms with Crippen LogP contribution in [0.4, 0.5) is 5.82 Å².